The molecule has 2 rings (SSSR count). The van der Waals surface area contributed by atoms with Gasteiger partial charge in [0.15, 0.2) is 0 Å². The molecule has 24 heavy (non-hydrogen) atoms. The van der Waals surface area contributed by atoms with Crippen molar-refractivity contribution in [2.45, 2.75) is 84.1 Å². The van der Waals surface area contributed by atoms with Gasteiger partial charge in [0.2, 0.25) is 17.7 Å². The van der Waals surface area contributed by atoms with Crippen LogP contribution >= 0.6 is 0 Å². The summed E-state index contributed by atoms with van der Waals surface area (Å²) < 4.78 is 0. The summed E-state index contributed by atoms with van der Waals surface area (Å²) in [5.41, 5.74) is 0. The molecule has 0 bridgehead atoms. The first kappa shape index (κ1) is 18.9. The van der Waals surface area contributed by atoms with E-state index in [0.717, 1.165) is 38.0 Å². The Morgan fingerprint density at radius 1 is 1.21 bits per heavy atom. The number of nitrogens with zero attached hydrogens (tertiary/aromatic N) is 1. The third-order valence-electron chi connectivity index (χ3n) is 5.61. The van der Waals surface area contributed by atoms with Crippen molar-refractivity contribution >= 4 is 17.7 Å². The Morgan fingerprint density at radius 2 is 1.92 bits per heavy atom. The van der Waals surface area contributed by atoms with Crippen molar-refractivity contribution in [2.75, 3.05) is 6.54 Å². The van der Waals surface area contributed by atoms with Crippen LogP contribution in [-0.2, 0) is 14.4 Å². The van der Waals surface area contributed by atoms with Crippen LogP contribution < -0.4 is 5.32 Å². The normalized spacial score (nSPS) is 25.6. The van der Waals surface area contributed by atoms with Crippen molar-refractivity contribution < 1.29 is 14.4 Å². The highest BCUT2D eigenvalue weighted by Crippen LogP contribution is 2.32. The van der Waals surface area contributed by atoms with Gasteiger partial charge in [0.25, 0.3) is 0 Å². The van der Waals surface area contributed by atoms with Crippen LogP contribution in [0.25, 0.3) is 0 Å². The van der Waals surface area contributed by atoms with E-state index < -0.39 is 6.04 Å². The van der Waals surface area contributed by atoms with Crippen molar-refractivity contribution in [1.82, 2.24) is 10.2 Å². The highest BCUT2D eigenvalue weighted by molar-refractivity contribution is 6.00. The molecule has 0 aromatic carbocycles. The minimum Gasteiger partial charge on any atom is -0.331 e. The highest BCUT2D eigenvalue weighted by Gasteiger charge is 2.34. The Labute approximate surface area is 145 Å². The highest BCUT2D eigenvalue weighted by atomic mass is 16.2. The second kappa shape index (κ2) is 9.19. The molecule has 5 heteroatoms. The van der Waals surface area contributed by atoms with Gasteiger partial charge in [-0.1, -0.05) is 33.1 Å². The van der Waals surface area contributed by atoms with E-state index in [-0.39, 0.29) is 23.6 Å². The van der Waals surface area contributed by atoms with Crippen LogP contribution in [0.4, 0.5) is 0 Å². The lowest BCUT2D eigenvalue weighted by atomic mass is 9.79. The van der Waals surface area contributed by atoms with E-state index in [2.05, 4.69) is 12.2 Å². The molecule has 1 saturated heterocycles. The summed E-state index contributed by atoms with van der Waals surface area (Å²) in [7, 11) is 0. The fourth-order valence-corrected chi connectivity index (χ4v) is 4.06. The fraction of sp³-hybridized carbons (Fsp3) is 0.842. The Bertz CT molecular complexity index is 456. The summed E-state index contributed by atoms with van der Waals surface area (Å²) in [6.45, 7) is 4.72. The van der Waals surface area contributed by atoms with Gasteiger partial charge in [-0.3, -0.25) is 19.7 Å². The second-order valence-corrected chi connectivity index (χ2v) is 7.33. The van der Waals surface area contributed by atoms with Gasteiger partial charge in [0.05, 0.1) is 0 Å². The average molecular weight is 336 g/mol. The van der Waals surface area contributed by atoms with Crippen molar-refractivity contribution in [1.29, 1.82) is 0 Å². The maximum Gasteiger partial charge on any atom is 0.249 e. The zero-order valence-electron chi connectivity index (χ0n) is 15.2. The fourth-order valence-electron chi connectivity index (χ4n) is 4.06. The molecule has 3 amide bonds. The van der Waals surface area contributed by atoms with E-state index in [1.54, 1.807) is 4.90 Å². The van der Waals surface area contributed by atoms with Gasteiger partial charge in [-0.2, -0.15) is 0 Å². The zero-order chi connectivity index (χ0) is 17.5. The predicted octanol–water partition coefficient (Wildman–Crippen LogP) is 3.03. The number of carbonyl (C=O) groups is 3. The number of hydrogen-bond acceptors (Lipinski definition) is 3. The number of nitrogens with one attached hydrogen (secondary N) is 1. The molecule has 0 spiro atoms. The number of likely N-dealkylation sites (tertiary alicyclic amines) is 1. The minimum atomic E-state index is -0.496. The standard InChI is InChI=1S/C19H32N2O3/c1-3-5-7-14-9-11-15(12-10-14)18(23)20-19(24)16(4-2)21-13-6-8-17(21)22/h14-16H,3-13H2,1-2H3,(H,20,23,24)/t14?,15?,16-/m0/s1. The molecule has 1 atom stereocenters. The maximum atomic E-state index is 12.4. The first-order valence-corrected chi connectivity index (χ1v) is 9.71. The quantitative estimate of drug-likeness (QED) is 0.777. The first-order valence-electron chi connectivity index (χ1n) is 9.71. The van der Waals surface area contributed by atoms with E-state index >= 15 is 0 Å². The van der Waals surface area contributed by atoms with Gasteiger partial charge in [0, 0.05) is 18.9 Å². The lowest BCUT2D eigenvalue weighted by Crippen LogP contribution is -2.50. The molecular weight excluding hydrogens is 304 g/mol. The van der Waals surface area contributed by atoms with Crippen molar-refractivity contribution in [3.05, 3.63) is 0 Å². The third kappa shape index (κ3) is 4.81. The summed E-state index contributed by atoms with van der Waals surface area (Å²) in [6, 6.07) is -0.496. The molecule has 136 valence electrons. The molecule has 1 aliphatic heterocycles. The smallest absolute Gasteiger partial charge is 0.249 e. The molecule has 0 unspecified atom stereocenters. The van der Waals surface area contributed by atoms with Crippen molar-refractivity contribution in [3.8, 4) is 0 Å². The van der Waals surface area contributed by atoms with Crippen LogP contribution in [0, 0.1) is 11.8 Å². The van der Waals surface area contributed by atoms with E-state index in [4.69, 9.17) is 0 Å². The van der Waals surface area contributed by atoms with Crippen LogP contribution in [0.15, 0.2) is 0 Å². The van der Waals surface area contributed by atoms with Gasteiger partial charge in [0.1, 0.15) is 6.04 Å². The summed E-state index contributed by atoms with van der Waals surface area (Å²) in [4.78, 5) is 38.3. The predicted molar refractivity (Wildman–Crippen MR) is 93.1 cm³/mol. The molecule has 0 radical (unpaired) electrons. The number of amides is 3. The maximum absolute atomic E-state index is 12.4. The SMILES string of the molecule is CCCCC1CCC(C(=O)NC(=O)[C@H](CC)N2CCCC2=O)CC1. The second-order valence-electron chi connectivity index (χ2n) is 7.33. The van der Waals surface area contributed by atoms with Gasteiger partial charge in [-0.15, -0.1) is 0 Å². The Hall–Kier alpha value is -1.39. The van der Waals surface area contributed by atoms with Crippen LogP contribution in [-0.4, -0.2) is 35.2 Å². The first-order chi connectivity index (χ1) is 11.6. The third-order valence-corrected chi connectivity index (χ3v) is 5.61. The molecule has 1 aliphatic carbocycles. The topological polar surface area (TPSA) is 66.5 Å². The molecule has 0 aromatic heterocycles. The van der Waals surface area contributed by atoms with E-state index in [1.807, 2.05) is 6.92 Å². The summed E-state index contributed by atoms with van der Waals surface area (Å²) in [6.07, 6.45) is 9.57. The van der Waals surface area contributed by atoms with Crippen LogP contribution in [0.2, 0.25) is 0 Å². The largest absolute Gasteiger partial charge is 0.331 e. The number of carbonyl (C=O) groups excluding carboxylic acids is 3. The average Bonchev–Trinajstić information content (AvgIpc) is 3.00. The van der Waals surface area contributed by atoms with Gasteiger partial charge < -0.3 is 4.90 Å². The number of imide groups is 1. The van der Waals surface area contributed by atoms with Gasteiger partial charge in [-0.05, 0) is 44.4 Å². The molecule has 1 saturated carbocycles. The molecular formula is C19H32N2O3. The lowest BCUT2D eigenvalue weighted by Gasteiger charge is -2.29. The lowest BCUT2D eigenvalue weighted by molar-refractivity contribution is -0.141. The van der Waals surface area contributed by atoms with Crippen LogP contribution in [0.1, 0.15) is 78.1 Å². The summed E-state index contributed by atoms with van der Waals surface area (Å²) in [5.74, 6) is 0.291. The molecule has 5 nitrogen and oxygen atoms in total. The minimum absolute atomic E-state index is 0.0286. The number of rotatable bonds is 7. The molecule has 1 N–H and O–H groups in total. The van der Waals surface area contributed by atoms with Gasteiger partial charge in [-0.25, -0.2) is 0 Å². The molecule has 2 aliphatic rings. The molecule has 2 fully saturated rings. The van der Waals surface area contributed by atoms with Gasteiger partial charge >= 0.3 is 0 Å². The summed E-state index contributed by atoms with van der Waals surface area (Å²) in [5, 5.41) is 2.58. The number of unbranched alkanes of at least 4 members (excludes halogenated alkanes) is 1. The van der Waals surface area contributed by atoms with E-state index in [1.165, 1.54) is 19.3 Å². The van der Waals surface area contributed by atoms with Crippen molar-refractivity contribution in [3.63, 3.8) is 0 Å². The number of hydrogen-bond donors (Lipinski definition) is 1. The zero-order valence-corrected chi connectivity index (χ0v) is 15.2. The van der Waals surface area contributed by atoms with E-state index in [9.17, 15) is 14.4 Å². The molecule has 0 aromatic rings. The van der Waals surface area contributed by atoms with Crippen molar-refractivity contribution in [2.24, 2.45) is 11.8 Å². The Balaban J connectivity index is 1.81. The Morgan fingerprint density at radius 3 is 2.46 bits per heavy atom. The monoisotopic (exact) mass is 336 g/mol. The van der Waals surface area contributed by atoms with E-state index in [0.29, 0.717) is 19.4 Å². The molecule has 1 heterocycles. The van der Waals surface area contributed by atoms with Crippen LogP contribution in [0.3, 0.4) is 0 Å². The summed E-state index contributed by atoms with van der Waals surface area (Å²) >= 11 is 0. The van der Waals surface area contributed by atoms with Crippen LogP contribution in [0.5, 0.6) is 0 Å². The Kier molecular flexibility index (Phi) is 7.25.